The molecule has 0 aromatic carbocycles. The van der Waals surface area contributed by atoms with Gasteiger partial charge in [-0.05, 0) is 104 Å². The van der Waals surface area contributed by atoms with Crippen molar-refractivity contribution in [2.24, 2.45) is 28.6 Å². The average Bonchev–Trinajstić information content (AvgIpc) is 3.53. The van der Waals surface area contributed by atoms with Crippen LogP contribution in [0.2, 0.25) is 0 Å². The summed E-state index contributed by atoms with van der Waals surface area (Å²) in [6.07, 6.45) is 0.173. The Bertz CT molecular complexity index is 1670. The summed E-state index contributed by atoms with van der Waals surface area (Å²) >= 11 is 0. The molecular weight excluding hydrogens is 805 g/mol. The Kier molecular flexibility index (Phi) is 14.6. The molecule has 7 aliphatic rings. The third-order valence-corrected chi connectivity index (χ3v) is 16.6. The summed E-state index contributed by atoms with van der Waals surface area (Å²) in [7, 11) is 4.68. The highest BCUT2D eigenvalue weighted by Gasteiger charge is 2.71. The summed E-state index contributed by atoms with van der Waals surface area (Å²) in [4.78, 5) is 26.4. The second-order valence-electron chi connectivity index (χ2n) is 19.8. The van der Waals surface area contributed by atoms with Crippen LogP contribution < -0.4 is 0 Å². The Morgan fingerprint density at radius 3 is 2.00 bits per heavy atom. The van der Waals surface area contributed by atoms with Gasteiger partial charge in [0.15, 0.2) is 18.9 Å². The Morgan fingerprint density at radius 2 is 1.40 bits per heavy atom. The molecule has 7 rings (SSSR count). The number of hydrogen-bond acceptors (Lipinski definition) is 15. The van der Waals surface area contributed by atoms with Gasteiger partial charge in [-0.3, -0.25) is 4.79 Å². The SMILES string of the molecule is C/C=C(\C)C(=O)O[C@@H]1CC2C(CC=C3CC(O[C@H]4C[C@H](OC)[C@H](O[C@H]5C[C@H](OC)[C@H](O[C@@H]6O[C@H](C)[C@@H](O)[C@H](OC)[C@H]6O)[C@@H](C)O5)[C@@H](C)O4)CC[C@@]32C)[C@@]2(O)CC[C@H](C(C)=O)[C@@]12C. The van der Waals surface area contributed by atoms with Gasteiger partial charge < -0.3 is 62.7 Å². The maximum atomic E-state index is 13.3. The maximum Gasteiger partial charge on any atom is 0.333 e. The molecule has 62 heavy (non-hydrogen) atoms. The summed E-state index contributed by atoms with van der Waals surface area (Å²) in [6, 6.07) is 0. The van der Waals surface area contributed by atoms with E-state index in [9.17, 15) is 24.9 Å². The minimum absolute atomic E-state index is 0.0391. The van der Waals surface area contributed by atoms with Crippen molar-refractivity contribution in [3.8, 4) is 0 Å². The van der Waals surface area contributed by atoms with E-state index in [0.29, 0.717) is 44.1 Å². The van der Waals surface area contributed by atoms with Crippen molar-refractivity contribution >= 4 is 11.8 Å². The number of carbonyl (C=O) groups excluding carboxylic acids is 2. The number of ether oxygens (including phenoxy) is 10. The second-order valence-corrected chi connectivity index (χ2v) is 19.8. The lowest BCUT2D eigenvalue weighted by atomic mass is 9.45. The van der Waals surface area contributed by atoms with E-state index in [-0.39, 0.29) is 41.2 Å². The molecule has 0 spiro atoms. The third-order valence-electron chi connectivity index (χ3n) is 16.6. The van der Waals surface area contributed by atoms with Crippen LogP contribution in [0.25, 0.3) is 0 Å². The molecule has 3 saturated carbocycles. The minimum atomic E-state index is -1.22. The molecule has 3 heterocycles. The number of aliphatic hydroxyl groups excluding tert-OH is 2. The molecule has 0 amide bonds. The third kappa shape index (κ3) is 8.42. The van der Waals surface area contributed by atoms with Crippen LogP contribution in [0.1, 0.15) is 113 Å². The lowest BCUT2D eigenvalue weighted by molar-refractivity contribution is -0.352. The van der Waals surface area contributed by atoms with Gasteiger partial charge in [0.1, 0.15) is 42.4 Å². The highest BCUT2D eigenvalue weighted by atomic mass is 16.8. The molecule has 0 aromatic heterocycles. The first-order chi connectivity index (χ1) is 29.3. The van der Waals surface area contributed by atoms with Gasteiger partial charge in [-0.25, -0.2) is 4.79 Å². The lowest BCUT2D eigenvalue weighted by Gasteiger charge is -2.63. The molecule has 15 heteroatoms. The Hall–Kier alpha value is -1.86. The topological polar surface area (TPSA) is 187 Å². The van der Waals surface area contributed by atoms with Crippen molar-refractivity contribution in [2.45, 2.75) is 211 Å². The zero-order valence-electron chi connectivity index (χ0n) is 38.7. The number of ketones is 1. The number of rotatable bonds is 12. The number of methoxy groups -OCH3 is 3. The first-order valence-electron chi connectivity index (χ1n) is 23.0. The molecule has 3 unspecified atom stereocenters. The molecule has 21 atom stereocenters. The average molecular weight is 879 g/mol. The van der Waals surface area contributed by atoms with E-state index in [1.165, 1.54) is 12.7 Å². The van der Waals surface area contributed by atoms with Gasteiger partial charge in [-0.15, -0.1) is 0 Å². The molecule has 0 bridgehead atoms. The monoisotopic (exact) mass is 879 g/mol. The van der Waals surface area contributed by atoms with E-state index >= 15 is 0 Å². The smallest absolute Gasteiger partial charge is 0.333 e. The molecule has 3 aliphatic heterocycles. The van der Waals surface area contributed by atoms with Gasteiger partial charge >= 0.3 is 5.97 Å². The summed E-state index contributed by atoms with van der Waals surface area (Å²) < 4.78 is 61.8. The lowest BCUT2D eigenvalue weighted by Crippen LogP contribution is -2.66. The van der Waals surface area contributed by atoms with Crippen molar-refractivity contribution < 1.29 is 72.3 Å². The van der Waals surface area contributed by atoms with Gasteiger partial charge in [-0.1, -0.05) is 31.6 Å². The second kappa shape index (κ2) is 18.8. The van der Waals surface area contributed by atoms with Crippen LogP contribution >= 0.6 is 0 Å². The van der Waals surface area contributed by atoms with Crippen LogP contribution in [0.3, 0.4) is 0 Å². The van der Waals surface area contributed by atoms with Crippen LogP contribution in [-0.4, -0.2) is 146 Å². The first kappa shape index (κ1) is 48.1. The van der Waals surface area contributed by atoms with Crippen molar-refractivity contribution in [3.63, 3.8) is 0 Å². The highest BCUT2D eigenvalue weighted by molar-refractivity contribution is 5.88. The molecule has 6 fully saturated rings. The van der Waals surface area contributed by atoms with Gasteiger partial charge in [0, 0.05) is 51.1 Å². The number of hydrogen-bond donors (Lipinski definition) is 3. The van der Waals surface area contributed by atoms with Crippen LogP contribution in [0, 0.1) is 28.6 Å². The minimum Gasteiger partial charge on any atom is -0.458 e. The van der Waals surface area contributed by atoms with Gasteiger partial charge in [-0.2, -0.15) is 0 Å². The van der Waals surface area contributed by atoms with Gasteiger partial charge in [0.25, 0.3) is 0 Å². The quantitative estimate of drug-likeness (QED) is 0.139. The summed E-state index contributed by atoms with van der Waals surface area (Å²) in [5.41, 5.74) is -0.439. The zero-order chi connectivity index (χ0) is 45.1. The number of carbonyl (C=O) groups is 2. The predicted molar refractivity (Wildman–Crippen MR) is 223 cm³/mol. The maximum absolute atomic E-state index is 13.3. The molecule has 15 nitrogen and oxygen atoms in total. The number of esters is 1. The summed E-state index contributed by atoms with van der Waals surface area (Å²) in [5, 5.41) is 34.1. The molecule has 3 saturated heterocycles. The van der Waals surface area contributed by atoms with Gasteiger partial charge in [0.2, 0.25) is 0 Å². The van der Waals surface area contributed by atoms with Crippen LogP contribution in [0.4, 0.5) is 0 Å². The molecule has 0 radical (unpaired) electrons. The first-order valence-corrected chi connectivity index (χ1v) is 23.0. The van der Waals surface area contributed by atoms with E-state index in [2.05, 4.69) is 13.0 Å². The standard InChI is InChI=1S/C47H74O15/c1-12-23(2)43(51)60-35-20-32-31(47(52)18-16-30(24(3)48)46(35,47)8)14-13-28-19-29(15-17-45(28,32)7)59-36-21-33(53-9)40(26(5)56-36)61-37-22-34(54-10)41(27(6)57-37)62-44-39(50)42(55-11)38(49)25(4)58-44/h12-13,25-27,29-42,44,49-50,52H,14-22H2,1-11H3/b23-12+/t25-,26-,27-,29?,30-,31?,32?,33+,34+,35-,36+,37+,38-,39-,40-,41-,42+,44+,45+,46+,47+/m1/s1. The fraction of sp³-hybridized carbons (Fsp3) is 0.872. The normalized spacial score (nSPS) is 49.6. The summed E-state index contributed by atoms with van der Waals surface area (Å²) in [6.45, 7) is 15.0. The number of Topliss-reactive ketones (excluding diaryl/α,β-unsaturated/α-hetero) is 1. The molecular formula is C47H74O15. The van der Waals surface area contributed by atoms with Gasteiger partial charge in [0.05, 0.1) is 42.2 Å². The number of fused-ring (bicyclic) bond motifs is 5. The van der Waals surface area contributed by atoms with Crippen molar-refractivity contribution in [1.29, 1.82) is 0 Å². The summed E-state index contributed by atoms with van der Waals surface area (Å²) in [5.74, 6) is -0.727. The van der Waals surface area contributed by atoms with Crippen molar-refractivity contribution in [3.05, 3.63) is 23.3 Å². The largest absolute Gasteiger partial charge is 0.458 e. The molecule has 352 valence electrons. The Morgan fingerprint density at radius 1 is 0.774 bits per heavy atom. The molecule has 4 aliphatic carbocycles. The van der Waals surface area contributed by atoms with Crippen molar-refractivity contribution in [2.75, 3.05) is 21.3 Å². The molecule has 3 N–H and O–H groups in total. The fourth-order valence-electron chi connectivity index (χ4n) is 12.8. The van der Waals surface area contributed by atoms with Crippen LogP contribution in [-0.2, 0) is 57.0 Å². The van der Waals surface area contributed by atoms with E-state index in [4.69, 9.17) is 47.4 Å². The van der Waals surface area contributed by atoms with E-state index in [0.717, 1.165) is 19.3 Å². The predicted octanol–water partition coefficient (Wildman–Crippen LogP) is 4.69. The molecule has 0 aromatic rings. The fourth-order valence-corrected chi connectivity index (χ4v) is 12.8. The number of aliphatic hydroxyl groups is 3. The van der Waals surface area contributed by atoms with Crippen LogP contribution in [0.5, 0.6) is 0 Å². The number of allylic oxidation sites excluding steroid dienone is 2. The van der Waals surface area contributed by atoms with Crippen LogP contribution in [0.15, 0.2) is 23.3 Å². The highest BCUT2D eigenvalue weighted by Crippen LogP contribution is 2.68. The zero-order valence-corrected chi connectivity index (χ0v) is 38.7. The Balaban J connectivity index is 0.980. The Labute approximate surface area is 367 Å². The van der Waals surface area contributed by atoms with E-state index < -0.39 is 96.9 Å². The van der Waals surface area contributed by atoms with E-state index in [1.54, 1.807) is 41.1 Å². The van der Waals surface area contributed by atoms with Crippen molar-refractivity contribution in [1.82, 2.24) is 0 Å². The van der Waals surface area contributed by atoms with E-state index in [1.807, 2.05) is 27.7 Å².